The number of benzene rings is 2. The number of rotatable bonds is 10. The molecule has 0 amide bonds. The van der Waals surface area contributed by atoms with E-state index >= 15 is 0 Å². The molecule has 2 aromatic rings. The Hall–Kier alpha value is -2.16. The molecule has 2 aromatic carbocycles. The molecule has 0 aliphatic heterocycles. The lowest BCUT2D eigenvalue weighted by Crippen LogP contribution is -2.04. The van der Waals surface area contributed by atoms with E-state index in [2.05, 4.69) is 50.4 Å². The molecule has 2 rings (SSSR count). The highest BCUT2D eigenvalue weighted by Gasteiger charge is 2.00. The van der Waals surface area contributed by atoms with Crippen LogP contribution in [0.2, 0.25) is 0 Å². The summed E-state index contributed by atoms with van der Waals surface area (Å²) >= 11 is 0. The Morgan fingerprint density at radius 2 is 1.75 bits per heavy atom. The summed E-state index contributed by atoms with van der Waals surface area (Å²) in [5.74, 6) is 2.39. The van der Waals surface area contributed by atoms with Gasteiger partial charge in [0.05, 0.1) is 13.2 Å². The fraction of sp³-hybridized carbons (Fsp3) is 0.429. The van der Waals surface area contributed by atoms with Crippen LogP contribution in [0, 0.1) is 5.92 Å². The molecule has 0 saturated heterocycles. The fourth-order valence-electron chi connectivity index (χ4n) is 2.20. The van der Waals surface area contributed by atoms with Crippen LogP contribution in [-0.2, 0) is 6.54 Å². The smallest absolute Gasteiger partial charge is 0.121 e. The molecule has 0 fully saturated rings. The Balaban J connectivity index is 1.83. The quantitative estimate of drug-likeness (QED) is 0.583. The molecule has 0 heterocycles. The predicted molar refractivity (Wildman–Crippen MR) is 101 cm³/mol. The average Bonchev–Trinajstić information content (AvgIpc) is 2.60. The number of hydrogen-bond donors (Lipinski definition) is 1. The molecule has 3 heteroatoms. The van der Waals surface area contributed by atoms with E-state index in [1.54, 1.807) is 0 Å². The first-order valence-electron chi connectivity index (χ1n) is 8.86. The van der Waals surface area contributed by atoms with Crippen LogP contribution in [0.5, 0.6) is 11.5 Å². The topological polar surface area (TPSA) is 30.5 Å². The molecule has 24 heavy (non-hydrogen) atoms. The van der Waals surface area contributed by atoms with E-state index in [-0.39, 0.29) is 0 Å². The van der Waals surface area contributed by atoms with E-state index in [0.717, 1.165) is 49.8 Å². The molecule has 0 aliphatic rings. The summed E-state index contributed by atoms with van der Waals surface area (Å²) < 4.78 is 11.5. The zero-order chi connectivity index (χ0) is 17.2. The molecule has 0 spiro atoms. The first kappa shape index (κ1) is 18.2. The van der Waals surface area contributed by atoms with Crippen molar-refractivity contribution in [3.63, 3.8) is 0 Å². The second-order valence-corrected chi connectivity index (χ2v) is 6.43. The van der Waals surface area contributed by atoms with Crippen LogP contribution < -0.4 is 14.8 Å². The van der Waals surface area contributed by atoms with Gasteiger partial charge in [0.25, 0.3) is 0 Å². The van der Waals surface area contributed by atoms with E-state index in [1.807, 2.05) is 24.3 Å². The zero-order valence-electron chi connectivity index (χ0n) is 15.0. The van der Waals surface area contributed by atoms with Gasteiger partial charge in [0.15, 0.2) is 0 Å². The number of hydrogen-bond acceptors (Lipinski definition) is 3. The van der Waals surface area contributed by atoms with E-state index in [1.165, 1.54) is 5.56 Å². The highest BCUT2D eigenvalue weighted by Crippen LogP contribution is 2.19. The molecule has 0 unspecified atom stereocenters. The minimum Gasteiger partial charge on any atom is -0.494 e. The van der Waals surface area contributed by atoms with Gasteiger partial charge in [0.2, 0.25) is 0 Å². The first-order chi connectivity index (χ1) is 11.7. The normalized spacial score (nSPS) is 10.7. The van der Waals surface area contributed by atoms with Gasteiger partial charge in [-0.2, -0.15) is 0 Å². The lowest BCUT2D eigenvalue weighted by atomic mass is 10.2. The summed E-state index contributed by atoms with van der Waals surface area (Å²) in [6, 6.07) is 16.4. The monoisotopic (exact) mass is 327 g/mol. The van der Waals surface area contributed by atoms with Crippen LogP contribution in [0.25, 0.3) is 0 Å². The summed E-state index contributed by atoms with van der Waals surface area (Å²) in [4.78, 5) is 0. The van der Waals surface area contributed by atoms with Gasteiger partial charge in [-0.3, -0.25) is 0 Å². The van der Waals surface area contributed by atoms with Gasteiger partial charge in [-0.15, -0.1) is 0 Å². The van der Waals surface area contributed by atoms with Crippen LogP contribution in [-0.4, -0.2) is 13.2 Å². The van der Waals surface area contributed by atoms with Gasteiger partial charge in [0.1, 0.15) is 11.5 Å². The Bertz CT molecular complexity index is 593. The molecule has 0 radical (unpaired) electrons. The van der Waals surface area contributed by atoms with Crippen LogP contribution in [0.1, 0.15) is 39.2 Å². The van der Waals surface area contributed by atoms with Crippen LogP contribution in [0.15, 0.2) is 48.5 Å². The third-order valence-electron chi connectivity index (χ3n) is 3.60. The molecular weight excluding hydrogens is 298 g/mol. The molecule has 130 valence electrons. The molecule has 0 aromatic heterocycles. The Morgan fingerprint density at radius 1 is 0.958 bits per heavy atom. The van der Waals surface area contributed by atoms with Crippen molar-refractivity contribution in [2.45, 2.75) is 40.2 Å². The molecule has 0 saturated carbocycles. The van der Waals surface area contributed by atoms with Crippen molar-refractivity contribution < 1.29 is 9.47 Å². The van der Waals surface area contributed by atoms with Crippen molar-refractivity contribution in [2.24, 2.45) is 5.92 Å². The highest BCUT2D eigenvalue weighted by molar-refractivity contribution is 5.48. The minimum absolute atomic E-state index is 0.540. The third kappa shape index (κ3) is 6.53. The van der Waals surface area contributed by atoms with E-state index < -0.39 is 0 Å². The van der Waals surface area contributed by atoms with Crippen molar-refractivity contribution in [2.75, 3.05) is 18.5 Å². The Labute approximate surface area is 146 Å². The highest BCUT2D eigenvalue weighted by atomic mass is 16.5. The predicted octanol–water partition coefficient (Wildman–Crippen LogP) is 5.51. The second kappa shape index (κ2) is 9.86. The molecule has 0 aliphatic carbocycles. The molecular formula is C21H29NO2. The number of nitrogens with one attached hydrogen (secondary N) is 1. The standard InChI is InChI=1S/C21H29NO2/c1-4-5-13-23-21-8-6-7-19(14-21)22-15-18-9-11-20(12-10-18)24-16-17(2)3/h6-12,14,17,22H,4-5,13,15-16H2,1-3H3. The summed E-state index contributed by atoms with van der Waals surface area (Å²) in [6.07, 6.45) is 2.23. The van der Waals surface area contributed by atoms with Crippen molar-refractivity contribution in [1.82, 2.24) is 0 Å². The largest absolute Gasteiger partial charge is 0.494 e. The summed E-state index contributed by atoms with van der Waals surface area (Å²) in [7, 11) is 0. The molecule has 0 bridgehead atoms. The van der Waals surface area contributed by atoms with E-state index in [0.29, 0.717) is 5.92 Å². The lowest BCUT2D eigenvalue weighted by Gasteiger charge is -2.11. The van der Waals surface area contributed by atoms with Gasteiger partial charge in [-0.1, -0.05) is 45.4 Å². The summed E-state index contributed by atoms with van der Waals surface area (Å²) in [6.45, 7) is 8.78. The molecule has 1 N–H and O–H groups in total. The summed E-state index contributed by atoms with van der Waals surface area (Å²) in [5, 5.41) is 3.44. The van der Waals surface area contributed by atoms with Crippen LogP contribution in [0.3, 0.4) is 0 Å². The van der Waals surface area contributed by atoms with Gasteiger partial charge in [-0.25, -0.2) is 0 Å². The third-order valence-corrected chi connectivity index (χ3v) is 3.60. The number of ether oxygens (including phenoxy) is 2. The fourth-order valence-corrected chi connectivity index (χ4v) is 2.20. The van der Waals surface area contributed by atoms with Crippen molar-refractivity contribution in [3.8, 4) is 11.5 Å². The molecule has 0 atom stereocenters. The molecule has 3 nitrogen and oxygen atoms in total. The summed E-state index contributed by atoms with van der Waals surface area (Å²) in [5.41, 5.74) is 2.30. The van der Waals surface area contributed by atoms with Crippen molar-refractivity contribution in [1.29, 1.82) is 0 Å². The van der Waals surface area contributed by atoms with Crippen molar-refractivity contribution >= 4 is 5.69 Å². The zero-order valence-corrected chi connectivity index (χ0v) is 15.0. The maximum Gasteiger partial charge on any atom is 0.121 e. The maximum absolute atomic E-state index is 5.74. The SMILES string of the molecule is CCCCOc1cccc(NCc2ccc(OCC(C)C)cc2)c1. The number of unbranched alkanes of at least 4 members (excludes halogenated alkanes) is 1. The van der Waals surface area contributed by atoms with Crippen LogP contribution in [0.4, 0.5) is 5.69 Å². The Kier molecular flexibility index (Phi) is 7.47. The van der Waals surface area contributed by atoms with Crippen LogP contribution >= 0.6 is 0 Å². The van der Waals surface area contributed by atoms with Gasteiger partial charge >= 0.3 is 0 Å². The second-order valence-electron chi connectivity index (χ2n) is 6.43. The first-order valence-corrected chi connectivity index (χ1v) is 8.86. The van der Waals surface area contributed by atoms with Crippen molar-refractivity contribution in [3.05, 3.63) is 54.1 Å². The average molecular weight is 327 g/mol. The van der Waals surface area contributed by atoms with E-state index in [9.17, 15) is 0 Å². The minimum atomic E-state index is 0.540. The van der Waals surface area contributed by atoms with Gasteiger partial charge < -0.3 is 14.8 Å². The lowest BCUT2D eigenvalue weighted by molar-refractivity contribution is 0.271. The Morgan fingerprint density at radius 3 is 2.46 bits per heavy atom. The van der Waals surface area contributed by atoms with E-state index in [4.69, 9.17) is 9.47 Å². The number of anilines is 1. The maximum atomic E-state index is 5.74. The van der Waals surface area contributed by atoms with Gasteiger partial charge in [-0.05, 0) is 42.2 Å². The van der Waals surface area contributed by atoms with Gasteiger partial charge in [0, 0.05) is 18.3 Å².